The number of nitrogens with one attached hydrogen (secondary N) is 2. The predicted octanol–water partition coefficient (Wildman–Crippen LogP) is 4.46. The molecule has 2 unspecified atom stereocenters. The summed E-state index contributed by atoms with van der Waals surface area (Å²) in [6.45, 7) is 1.47. The van der Waals surface area contributed by atoms with Crippen molar-refractivity contribution in [1.29, 1.82) is 0 Å². The van der Waals surface area contributed by atoms with Crippen LogP contribution in [-0.2, 0) is 14.3 Å². The van der Waals surface area contributed by atoms with Crippen molar-refractivity contribution >= 4 is 18.0 Å². The molecule has 1 aliphatic rings. The minimum Gasteiger partial charge on any atom is -0.481 e. The van der Waals surface area contributed by atoms with Gasteiger partial charge in [-0.25, -0.2) is 4.79 Å². The van der Waals surface area contributed by atoms with Gasteiger partial charge in [0.2, 0.25) is 6.04 Å². The molecule has 7 nitrogen and oxygen atoms in total. The van der Waals surface area contributed by atoms with E-state index in [0.717, 1.165) is 22.3 Å². The minimum atomic E-state index is -5.02. The molecule has 0 spiro atoms. The molecule has 2 aromatic carbocycles. The molecule has 3 N–H and O–H groups in total. The van der Waals surface area contributed by atoms with E-state index in [4.69, 9.17) is 9.84 Å². The second-order valence-electron chi connectivity index (χ2n) is 8.56. The molecule has 0 heterocycles. The SMILES string of the molecule is CC(CCNC(=O)C(NC(=O)OCC1c2ccccc2-c2ccccc21)C(F)(F)F)CCC(=O)O. The number of carbonyl (C=O) groups is 3. The second kappa shape index (κ2) is 11.2. The maximum absolute atomic E-state index is 13.5. The Balaban J connectivity index is 1.57. The first-order chi connectivity index (χ1) is 16.6. The smallest absolute Gasteiger partial charge is 0.417 e. The number of hydrogen-bond donors (Lipinski definition) is 3. The average molecular weight is 492 g/mol. The normalized spacial score (nSPS) is 14.4. The lowest BCUT2D eigenvalue weighted by Crippen LogP contribution is -2.55. The lowest BCUT2D eigenvalue weighted by molar-refractivity contribution is -0.167. The number of carbonyl (C=O) groups excluding carboxylic acids is 2. The fourth-order valence-electron chi connectivity index (χ4n) is 4.11. The predicted molar refractivity (Wildman–Crippen MR) is 122 cm³/mol. The Morgan fingerprint density at radius 1 is 1.00 bits per heavy atom. The first-order valence-electron chi connectivity index (χ1n) is 11.3. The van der Waals surface area contributed by atoms with Gasteiger partial charge in [-0.15, -0.1) is 0 Å². The highest BCUT2D eigenvalue weighted by Crippen LogP contribution is 2.44. The van der Waals surface area contributed by atoms with E-state index in [-0.39, 0.29) is 31.4 Å². The number of carboxylic acids is 1. The van der Waals surface area contributed by atoms with Crippen LogP contribution >= 0.6 is 0 Å². The highest BCUT2D eigenvalue weighted by molar-refractivity contribution is 5.86. The van der Waals surface area contributed by atoms with Crippen molar-refractivity contribution in [3.8, 4) is 11.1 Å². The summed E-state index contributed by atoms with van der Waals surface area (Å²) in [6.07, 6.45) is -5.80. The Bertz CT molecular complexity index is 1030. The maximum atomic E-state index is 13.5. The Morgan fingerprint density at radius 2 is 1.57 bits per heavy atom. The largest absolute Gasteiger partial charge is 0.481 e. The molecule has 2 aromatic rings. The highest BCUT2D eigenvalue weighted by atomic mass is 19.4. The van der Waals surface area contributed by atoms with Gasteiger partial charge in [0.15, 0.2) is 0 Å². The molecule has 10 heteroatoms. The van der Waals surface area contributed by atoms with Crippen LogP contribution in [0.3, 0.4) is 0 Å². The number of aliphatic carboxylic acids is 1. The van der Waals surface area contributed by atoms with E-state index >= 15 is 0 Å². The third kappa shape index (κ3) is 6.74. The van der Waals surface area contributed by atoms with Gasteiger partial charge in [-0.3, -0.25) is 9.59 Å². The van der Waals surface area contributed by atoms with Gasteiger partial charge in [0.1, 0.15) is 6.61 Å². The van der Waals surface area contributed by atoms with Crippen LogP contribution in [0.5, 0.6) is 0 Å². The highest BCUT2D eigenvalue weighted by Gasteiger charge is 2.46. The molecule has 0 saturated carbocycles. The van der Waals surface area contributed by atoms with E-state index in [9.17, 15) is 27.6 Å². The van der Waals surface area contributed by atoms with E-state index < -0.39 is 30.2 Å². The van der Waals surface area contributed by atoms with Gasteiger partial charge in [-0.1, -0.05) is 55.5 Å². The third-order valence-corrected chi connectivity index (χ3v) is 5.98. The van der Waals surface area contributed by atoms with E-state index in [1.807, 2.05) is 48.5 Å². The minimum absolute atomic E-state index is 0.0658. The Hall–Kier alpha value is -3.56. The zero-order valence-electron chi connectivity index (χ0n) is 19.1. The van der Waals surface area contributed by atoms with Crippen molar-refractivity contribution < 1.29 is 37.4 Å². The molecule has 188 valence electrons. The zero-order valence-corrected chi connectivity index (χ0v) is 19.1. The molecule has 1 aliphatic carbocycles. The van der Waals surface area contributed by atoms with Gasteiger partial charge in [0.25, 0.3) is 5.91 Å². The van der Waals surface area contributed by atoms with Crippen molar-refractivity contribution in [3.63, 3.8) is 0 Å². The number of alkyl halides is 3. The number of amides is 2. The van der Waals surface area contributed by atoms with Crippen molar-refractivity contribution in [2.24, 2.45) is 5.92 Å². The van der Waals surface area contributed by atoms with Gasteiger partial charge in [0.05, 0.1) is 0 Å². The first-order valence-corrected chi connectivity index (χ1v) is 11.3. The molecule has 2 amide bonds. The fraction of sp³-hybridized carbons (Fsp3) is 0.400. The van der Waals surface area contributed by atoms with E-state index in [0.29, 0.717) is 12.8 Å². The van der Waals surface area contributed by atoms with Crippen molar-refractivity contribution in [2.75, 3.05) is 13.2 Å². The number of hydrogen-bond acceptors (Lipinski definition) is 4. The second-order valence-corrected chi connectivity index (χ2v) is 8.56. The summed E-state index contributed by atoms with van der Waals surface area (Å²) in [5.41, 5.74) is 3.76. The van der Waals surface area contributed by atoms with Crippen LogP contribution in [0, 0.1) is 5.92 Å². The molecule has 0 aliphatic heterocycles. The van der Waals surface area contributed by atoms with Gasteiger partial charge < -0.3 is 20.5 Å². The van der Waals surface area contributed by atoms with Crippen LogP contribution in [0.1, 0.15) is 43.2 Å². The molecular weight excluding hydrogens is 465 g/mol. The summed E-state index contributed by atoms with van der Waals surface area (Å²) in [5, 5.41) is 12.5. The standard InChI is InChI=1S/C25H27F3N2O5/c1-15(10-11-21(31)32)12-13-29-23(33)22(25(26,27)28)30-24(34)35-14-20-18-8-4-2-6-16(18)17-7-3-5-9-19(17)20/h2-9,15,20,22H,10-14H2,1H3,(H,29,33)(H,30,34)(H,31,32). The van der Waals surface area contributed by atoms with Crippen LogP contribution in [0.25, 0.3) is 11.1 Å². The monoisotopic (exact) mass is 492 g/mol. The molecule has 0 saturated heterocycles. The van der Waals surface area contributed by atoms with Crippen LogP contribution in [0.15, 0.2) is 48.5 Å². The molecule has 0 aromatic heterocycles. The molecule has 0 fully saturated rings. The Morgan fingerprint density at radius 3 is 2.11 bits per heavy atom. The molecular formula is C25H27F3N2O5. The van der Waals surface area contributed by atoms with Crippen molar-refractivity contribution in [1.82, 2.24) is 10.6 Å². The third-order valence-electron chi connectivity index (χ3n) is 5.98. The van der Waals surface area contributed by atoms with Crippen LogP contribution in [-0.4, -0.2) is 48.4 Å². The number of halogens is 3. The Kier molecular flexibility index (Phi) is 8.37. The average Bonchev–Trinajstić information content (AvgIpc) is 3.13. The lowest BCUT2D eigenvalue weighted by Gasteiger charge is -2.22. The van der Waals surface area contributed by atoms with Crippen molar-refractivity contribution in [2.45, 2.75) is 44.3 Å². The summed E-state index contributed by atoms with van der Waals surface area (Å²) < 4.78 is 45.5. The number of benzene rings is 2. The van der Waals surface area contributed by atoms with Gasteiger partial charge in [-0.2, -0.15) is 13.2 Å². The number of alkyl carbamates (subject to hydrolysis) is 1. The first kappa shape index (κ1) is 26.1. The summed E-state index contributed by atoms with van der Waals surface area (Å²) in [7, 11) is 0. The zero-order chi connectivity index (χ0) is 25.6. The molecule has 3 rings (SSSR count). The number of ether oxygens (including phenoxy) is 1. The Labute approximate surface area is 200 Å². The van der Waals surface area contributed by atoms with Crippen LogP contribution in [0.4, 0.5) is 18.0 Å². The number of fused-ring (bicyclic) bond motifs is 3. The van der Waals surface area contributed by atoms with Gasteiger partial charge >= 0.3 is 18.2 Å². The van der Waals surface area contributed by atoms with E-state index in [2.05, 4.69) is 5.32 Å². The van der Waals surface area contributed by atoms with E-state index in [1.54, 1.807) is 12.2 Å². The maximum Gasteiger partial charge on any atom is 0.417 e. The van der Waals surface area contributed by atoms with E-state index in [1.165, 1.54) is 0 Å². The van der Waals surface area contributed by atoms with Crippen LogP contribution < -0.4 is 10.6 Å². The number of rotatable bonds is 10. The topological polar surface area (TPSA) is 105 Å². The molecule has 35 heavy (non-hydrogen) atoms. The quantitative estimate of drug-likeness (QED) is 0.454. The molecule has 0 radical (unpaired) electrons. The van der Waals surface area contributed by atoms with Gasteiger partial charge in [0, 0.05) is 18.9 Å². The number of carboxylic acid groups (broad SMARTS) is 1. The molecule has 2 atom stereocenters. The fourth-order valence-corrected chi connectivity index (χ4v) is 4.11. The summed E-state index contributed by atoms with van der Waals surface area (Å²) in [6, 6.07) is 12.3. The summed E-state index contributed by atoms with van der Waals surface area (Å²) in [4.78, 5) is 35.0. The molecule has 0 bridgehead atoms. The summed E-state index contributed by atoms with van der Waals surface area (Å²) in [5.74, 6) is -2.81. The summed E-state index contributed by atoms with van der Waals surface area (Å²) >= 11 is 0. The van der Waals surface area contributed by atoms with Crippen LogP contribution in [0.2, 0.25) is 0 Å². The van der Waals surface area contributed by atoms with Gasteiger partial charge in [-0.05, 0) is 41.0 Å². The van der Waals surface area contributed by atoms with Crippen molar-refractivity contribution in [3.05, 3.63) is 59.7 Å². The lowest BCUT2D eigenvalue weighted by atomic mass is 9.98.